The van der Waals surface area contributed by atoms with Crippen molar-refractivity contribution in [2.24, 2.45) is 5.92 Å². The molecule has 152 valence electrons. The van der Waals surface area contributed by atoms with Gasteiger partial charge < -0.3 is 9.73 Å². The quantitative estimate of drug-likeness (QED) is 0.531. The number of hydrogen-bond acceptors (Lipinski definition) is 5. The van der Waals surface area contributed by atoms with E-state index in [1.807, 2.05) is 0 Å². The fourth-order valence-electron chi connectivity index (χ4n) is 3.80. The van der Waals surface area contributed by atoms with Crippen molar-refractivity contribution in [3.63, 3.8) is 0 Å². The summed E-state index contributed by atoms with van der Waals surface area (Å²) in [6.45, 7) is 5.35. The molecule has 1 atom stereocenters. The Labute approximate surface area is 172 Å². The van der Waals surface area contributed by atoms with Gasteiger partial charge in [0.15, 0.2) is 0 Å². The van der Waals surface area contributed by atoms with Gasteiger partial charge in [0.1, 0.15) is 11.6 Å². The number of aryl methyl sites for hydroxylation is 1. The average molecular weight is 404 g/mol. The van der Waals surface area contributed by atoms with Gasteiger partial charge in [-0.15, -0.1) is 0 Å². The van der Waals surface area contributed by atoms with Gasteiger partial charge in [-0.1, -0.05) is 26.0 Å². The predicted molar refractivity (Wildman–Crippen MR) is 111 cm³/mol. The van der Waals surface area contributed by atoms with Crippen LogP contribution in [0.25, 0.3) is 11.0 Å². The summed E-state index contributed by atoms with van der Waals surface area (Å²) in [5, 5.41) is 3.51. The van der Waals surface area contributed by atoms with Crippen LogP contribution < -0.4 is 10.9 Å². The largest absolute Gasteiger partial charge is 0.423 e. The van der Waals surface area contributed by atoms with Crippen molar-refractivity contribution < 1.29 is 18.8 Å². The molecule has 30 heavy (non-hydrogen) atoms. The Hall–Kier alpha value is -3.74. The van der Waals surface area contributed by atoms with E-state index in [9.17, 15) is 19.2 Å². The Bertz CT molecular complexity index is 1220. The lowest BCUT2D eigenvalue weighted by atomic mass is 10.0. The van der Waals surface area contributed by atoms with Gasteiger partial charge in [-0.05, 0) is 42.7 Å². The summed E-state index contributed by atoms with van der Waals surface area (Å²) in [6.07, 6.45) is 0. The van der Waals surface area contributed by atoms with E-state index in [0.29, 0.717) is 22.4 Å². The second-order valence-electron chi connectivity index (χ2n) is 7.66. The minimum atomic E-state index is -0.988. The minimum Gasteiger partial charge on any atom is -0.423 e. The monoisotopic (exact) mass is 404 g/mol. The molecule has 1 aromatic heterocycles. The van der Waals surface area contributed by atoms with Crippen LogP contribution in [0.3, 0.4) is 0 Å². The lowest BCUT2D eigenvalue weighted by Crippen LogP contribution is -2.50. The van der Waals surface area contributed by atoms with Crippen LogP contribution in [-0.4, -0.2) is 28.7 Å². The zero-order chi connectivity index (χ0) is 21.6. The van der Waals surface area contributed by atoms with Gasteiger partial charge in [-0.2, -0.15) is 0 Å². The number of anilines is 1. The Morgan fingerprint density at radius 3 is 2.20 bits per heavy atom. The first kappa shape index (κ1) is 19.6. The van der Waals surface area contributed by atoms with E-state index in [1.165, 1.54) is 6.07 Å². The molecule has 0 spiro atoms. The SMILES string of the molecule is Cc1cc(=O)oc2cc(NC(=O)C(C(C)C)N3C(=O)c4ccccc4C3=O)ccc12. The summed E-state index contributed by atoms with van der Waals surface area (Å²) in [7, 11) is 0. The average Bonchev–Trinajstić information content (AvgIpc) is 2.93. The van der Waals surface area contributed by atoms with E-state index >= 15 is 0 Å². The van der Waals surface area contributed by atoms with Crippen LogP contribution in [0.1, 0.15) is 40.1 Å². The molecular formula is C23H20N2O5. The number of amides is 3. The molecule has 0 fully saturated rings. The summed E-state index contributed by atoms with van der Waals surface area (Å²) in [6, 6.07) is 11.9. The van der Waals surface area contributed by atoms with E-state index in [-0.39, 0.29) is 5.92 Å². The smallest absolute Gasteiger partial charge is 0.336 e. The molecule has 1 N–H and O–H groups in total. The van der Waals surface area contributed by atoms with E-state index in [1.54, 1.807) is 63.2 Å². The summed E-state index contributed by atoms with van der Waals surface area (Å²) in [4.78, 5) is 51.5. The second kappa shape index (κ2) is 7.26. The van der Waals surface area contributed by atoms with Gasteiger partial charge in [0.05, 0.1) is 11.1 Å². The third-order valence-corrected chi connectivity index (χ3v) is 5.22. The molecule has 7 heteroatoms. The molecule has 1 unspecified atom stereocenters. The first-order chi connectivity index (χ1) is 14.3. The van der Waals surface area contributed by atoms with Crippen molar-refractivity contribution in [2.75, 3.05) is 5.32 Å². The minimum absolute atomic E-state index is 0.295. The summed E-state index contributed by atoms with van der Waals surface area (Å²) in [5.74, 6) is -1.77. The summed E-state index contributed by atoms with van der Waals surface area (Å²) < 4.78 is 5.22. The maximum atomic E-state index is 13.1. The molecular weight excluding hydrogens is 384 g/mol. The first-order valence-corrected chi connectivity index (χ1v) is 9.60. The second-order valence-corrected chi connectivity index (χ2v) is 7.66. The molecule has 2 heterocycles. The normalized spacial score (nSPS) is 14.3. The fourth-order valence-corrected chi connectivity index (χ4v) is 3.80. The van der Waals surface area contributed by atoms with Crippen LogP contribution >= 0.6 is 0 Å². The number of hydrogen-bond donors (Lipinski definition) is 1. The Morgan fingerprint density at radius 2 is 1.60 bits per heavy atom. The first-order valence-electron chi connectivity index (χ1n) is 9.60. The number of rotatable bonds is 4. The van der Waals surface area contributed by atoms with Crippen LogP contribution in [0.5, 0.6) is 0 Å². The van der Waals surface area contributed by atoms with Crippen molar-refractivity contribution in [3.8, 4) is 0 Å². The molecule has 0 saturated heterocycles. The van der Waals surface area contributed by atoms with E-state index in [0.717, 1.165) is 15.8 Å². The molecule has 0 radical (unpaired) electrons. The topological polar surface area (TPSA) is 96.7 Å². The Kier molecular flexibility index (Phi) is 4.73. The molecule has 0 saturated carbocycles. The van der Waals surface area contributed by atoms with E-state index in [2.05, 4.69) is 5.32 Å². The number of nitrogens with zero attached hydrogens (tertiary/aromatic N) is 1. The van der Waals surface area contributed by atoms with Crippen LogP contribution in [0, 0.1) is 12.8 Å². The van der Waals surface area contributed by atoms with Gasteiger partial charge in [-0.25, -0.2) is 4.79 Å². The number of carbonyl (C=O) groups excluding carboxylic acids is 3. The Balaban J connectivity index is 1.66. The van der Waals surface area contributed by atoms with Gasteiger partial charge in [-0.3, -0.25) is 19.3 Å². The number of fused-ring (bicyclic) bond motifs is 2. The molecule has 3 aromatic rings. The van der Waals surface area contributed by atoms with Crippen LogP contribution in [0.4, 0.5) is 5.69 Å². The van der Waals surface area contributed by atoms with Crippen LogP contribution in [-0.2, 0) is 4.79 Å². The van der Waals surface area contributed by atoms with Crippen LogP contribution in [0.2, 0.25) is 0 Å². The van der Waals surface area contributed by atoms with Gasteiger partial charge in [0.25, 0.3) is 11.8 Å². The van der Waals surface area contributed by atoms with Crippen molar-refractivity contribution in [1.29, 1.82) is 0 Å². The molecule has 1 aliphatic rings. The highest BCUT2D eigenvalue weighted by molar-refractivity contribution is 6.23. The molecule has 1 aliphatic heterocycles. The number of nitrogens with one attached hydrogen (secondary N) is 1. The lowest BCUT2D eigenvalue weighted by molar-refractivity contribution is -0.121. The highest BCUT2D eigenvalue weighted by Crippen LogP contribution is 2.28. The lowest BCUT2D eigenvalue weighted by Gasteiger charge is -2.28. The molecule has 0 bridgehead atoms. The molecule has 3 amide bonds. The van der Waals surface area contributed by atoms with Gasteiger partial charge in [0.2, 0.25) is 5.91 Å². The number of carbonyl (C=O) groups is 3. The molecule has 7 nitrogen and oxygen atoms in total. The third-order valence-electron chi connectivity index (χ3n) is 5.22. The number of benzene rings is 2. The van der Waals surface area contributed by atoms with Crippen molar-refractivity contribution >= 4 is 34.4 Å². The number of imide groups is 1. The van der Waals surface area contributed by atoms with Crippen molar-refractivity contribution in [2.45, 2.75) is 26.8 Å². The van der Waals surface area contributed by atoms with Crippen molar-refractivity contribution in [3.05, 3.63) is 75.6 Å². The zero-order valence-electron chi connectivity index (χ0n) is 16.8. The maximum Gasteiger partial charge on any atom is 0.336 e. The highest BCUT2D eigenvalue weighted by Gasteiger charge is 2.43. The standard InChI is InChI=1S/C23H20N2O5/c1-12(2)20(25-22(28)16-6-4-5-7-17(16)23(25)29)21(27)24-14-8-9-15-13(3)10-19(26)30-18(15)11-14/h4-12,20H,1-3H3,(H,24,27). The van der Waals surface area contributed by atoms with E-state index < -0.39 is 29.4 Å². The van der Waals surface area contributed by atoms with Gasteiger partial charge >= 0.3 is 5.63 Å². The summed E-state index contributed by atoms with van der Waals surface area (Å²) >= 11 is 0. The predicted octanol–water partition coefficient (Wildman–Crippen LogP) is 3.36. The molecule has 4 rings (SSSR count). The highest BCUT2D eigenvalue weighted by atomic mass is 16.4. The van der Waals surface area contributed by atoms with E-state index in [4.69, 9.17) is 4.42 Å². The zero-order valence-corrected chi connectivity index (χ0v) is 16.8. The van der Waals surface area contributed by atoms with Crippen LogP contribution in [0.15, 0.2) is 57.7 Å². The fraction of sp³-hybridized carbons (Fsp3) is 0.217. The Morgan fingerprint density at radius 1 is 0.967 bits per heavy atom. The van der Waals surface area contributed by atoms with Gasteiger partial charge in [0, 0.05) is 23.2 Å². The molecule has 0 aliphatic carbocycles. The molecule has 2 aromatic carbocycles. The maximum absolute atomic E-state index is 13.1. The summed E-state index contributed by atoms with van der Waals surface area (Å²) in [5.41, 5.74) is 1.63. The van der Waals surface area contributed by atoms with Crippen molar-refractivity contribution in [1.82, 2.24) is 4.90 Å². The third kappa shape index (κ3) is 3.18.